The quantitative estimate of drug-likeness (QED) is 0.529. The van der Waals surface area contributed by atoms with Gasteiger partial charge in [0, 0.05) is 22.8 Å². The zero-order valence-electron chi connectivity index (χ0n) is 19.2. The summed E-state index contributed by atoms with van der Waals surface area (Å²) in [6.45, 7) is 14.5. The van der Waals surface area contributed by atoms with E-state index in [0.29, 0.717) is 0 Å². The number of hydrogen-bond acceptors (Lipinski definition) is 2. The Balaban J connectivity index is 1.86. The van der Waals surface area contributed by atoms with Crippen molar-refractivity contribution in [1.82, 2.24) is 0 Å². The molecule has 0 saturated heterocycles. The molecule has 2 aromatic carbocycles. The number of hydrogen-bond donors (Lipinski definition) is 0. The SMILES string of the molecule is Cc1cc(C)c(N2CN(c3c(C)cc(C)cc3C)C3=C2CCCCCC3)c(C)c1. The lowest BCUT2D eigenvalue weighted by Crippen LogP contribution is -2.29. The van der Waals surface area contributed by atoms with E-state index in [0.717, 1.165) is 6.67 Å². The molecule has 154 valence electrons. The smallest absolute Gasteiger partial charge is 0.0995 e. The molecule has 1 aliphatic heterocycles. The summed E-state index contributed by atoms with van der Waals surface area (Å²) >= 11 is 0. The summed E-state index contributed by atoms with van der Waals surface area (Å²) in [4.78, 5) is 5.28. The highest BCUT2D eigenvalue weighted by Gasteiger charge is 2.33. The van der Waals surface area contributed by atoms with E-state index in [1.165, 1.54) is 83.3 Å². The van der Waals surface area contributed by atoms with Gasteiger partial charge in [-0.15, -0.1) is 0 Å². The molecule has 0 saturated carbocycles. The second-order valence-corrected chi connectivity index (χ2v) is 9.30. The monoisotopic (exact) mass is 388 g/mol. The standard InChI is InChI=1S/C27H36N2/c1-18-13-20(3)26(21(4)14-18)28-17-29(25-12-10-8-7-9-11-24(25)28)27-22(5)15-19(2)16-23(27)6/h13-16H,7-12,17H2,1-6H3. The lowest BCUT2D eigenvalue weighted by Gasteiger charge is -2.29. The second kappa shape index (κ2) is 7.89. The van der Waals surface area contributed by atoms with Crippen LogP contribution >= 0.6 is 0 Å². The Kier molecular flexibility index (Phi) is 5.46. The highest BCUT2D eigenvalue weighted by Crippen LogP contribution is 2.43. The van der Waals surface area contributed by atoms with Gasteiger partial charge in [-0.1, -0.05) is 48.2 Å². The molecule has 0 radical (unpaired) electrons. The molecule has 2 heteroatoms. The molecule has 4 rings (SSSR count). The zero-order valence-corrected chi connectivity index (χ0v) is 19.2. The number of nitrogens with zero attached hydrogens (tertiary/aromatic N) is 2. The first-order valence-corrected chi connectivity index (χ1v) is 11.3. The van der Waals surface area contributed by atoms with Gasteiger partial charge in [-0.05, 0) is 89.5 Å². The largest absolute Gasteiger partial charge is 0.324 e. The van der Waals surface area contributed by atoms with Gasteiger partial charge in [0.2, 0.25) is 0 Å². The topological polar surface area (TPSA) is 6.48 Å². The average molecular weight is 389 g/mol. The Morgan fingerprint density at radius 2 is 0.862 bits per heavy atom. The molecule has 0 unspecified atom stereocenters. The summed E-state index contributed by atoms with van der Waals surface area (Å²) in [5.41, 5.74) is 14.3. The van der Waals surface area contributed by atoms with Crippen molar-refractivity contribution in [2.45, 2.75) is 80.1 Å². The van der Waals surface area contributed by atoms with Crippen LogP contribution < -0.4 is 9.80 Å². The van der Waals surface area contributed by atoms with E-state index >= 15 is 0 Å². The van der Waals surface area contributed by atoms with Gasteiger partial charge in [-0.2, -0.15) is 0 Å². The lowest BCUT2D eigenvalue weighted by atomic mass is 9.98. The Morgan fingerprint density at radius 3 is 1.21 bits per heavy atom. The molecular weight excluding hydrogens is 352 g/mol. The van der Waals surface area contributed by atoms with Crippen LogP contribution in [0.4, 0.5) is 11.4 Å². The third-order valence-electron chi connectivity index (χ3n) is 6.66. The van der Waals surface area contributed by atoms with Gasteiger partial charge in [-0.25, -0.2) is 0 Å². The summed E-state index contributed by atoms with van der Waals surface area (Å²) in [6.07, 6.45) is 7.72. The maximum absolute atomic E-state index is 2.64. The van der Waals surface area contributed by atoms with E-state index in [9.17, 15) is 0 Å². The normalized spacial score (nSPS) is 17.4. The predicted octanol–water partition coefficient (Wildman–Crippen LogP) is 7.39. The van der Waals surface area contributed by atoms with E-state index in [2.05, 4.69) is 75.6 Å². The van der Waals surface area contributed by atoms with Gasteiger partial charge in [-0.3, -0.25) is 0 Å². The average Bonchev–Trinajstić information content (AvgIpc) is 2.89. The minimum atomic E-state index is 0.945. The number of anilines is 2. The third-order valence-corrected chi connectivity index (χ3v) is 6.66. The molecule has 0 bridgehead atoms. The van der Waals surface area contributed by atoms with Crippen LogP contribution in [0.5, 0.6) is 0 Å². The van der Waals surface area contributed by atoms with Crippen molar-refractivity contribution in [2.75, 3.05) is 16.5 Å². The molecule has 0 amide bonds. The summed E-state index contributed by atoms with van der Waals surface area (Å²) in [5, 5.41) is 0. The van der Waals surface area contributed by atoms with E-state index in [1.807, 2.05) is 0 Å². The van der Waals surface area contributed by atoms with Crippen molar-refractivity contribution < 1.29 is 0 Å². The zero-order chi connectivity index (χ0) is 20.7. The maximum Gasteiger partial charge on any atom is 0.0995 e. The van der Waals surface area contributed by atoms with Crippen LogP contribution in [0.3, 0.4) is 0 Å². The summed E-state index contributed by atoms with van der Waals surface area (Å²) in [5.74, 6) is 0. The molecular formula is C27H36N2. The van der Waals surface area contributed by atoms with Crippen LogP contribution in [-0.4, -0.2) is 6.67 Å². The minimum Gasteiger partial charge on any atom is -0.324 e. The molecule has 0 spiro atoms. The fourth-order valence-electron chi connectivity index (χ4n) is 5.73. The van der Waals surface area contributed by atoms with Crippen molar-refractivity contribution in [1.29, 1.82) is 0 Å². The van der Waals surface area contributed by atoms with Crippen LogP contribution in [0.25, 0.3) is 0 Å². The van der Waals surface area contributed by atoms with Gasteiger partial charge < -0.3 is 9.80 Å². The van der Waals surface area contributed by atoms with Crippen LogP contribution in [0.2, 0.25) is 0 Å². The van der Waals surface area contributed by atoms with Crippen molar-refractivity contribution in [3.05, 3.63) is 69.0 Å². The Morgan fingerprint density at radius 1 is 0.517 bits per heavy atom. The molecule has 0 aromatic heterocycles. The Labute approximate surface area is 177 Å². The Bertz CT molecular complexity index is 843. The molecule has 0 N–H and O–H groups in total. The first-order chi connectivity index (χ1) is 13.9. The molecule has 2 aromatic rings. The summed E-state index contributed by atoms with van der Waals surface area (Å²) < 4.78 is 0. The van der Waals surface area contributed by atoms with Gasteiger partial charge in [0.05, 0.1) is 6.67 Å². The summed E-state index contributed by atoms with van der Waals surface area (Å²) in [6, 6.07) is 9.38. The molecule has 2 nitrogen and oxygen atoms in total. The highest BCUT2D eigenvalue weighted by atomic mass is 15.4. The predicted molar refractivity (Wildman–Crippen MR) is 126 cm³/mol. The van der Waals surface area contributed by atoms with E-state index in [4.69, 9.17) is 0 Å². The molecule has 1 aliphatic carbocycles. The van der Waals surface area contributed by atoms with E-state index < -0.39 is 0 Å². The van der Waals surface area contributed by atoms with Crippen molar-refractivity contribution in [2.24, 2.45) is 0 Å². The van der Waals surface area contributed by atoms with Gasteiger partial charge in [0.15, 0.2) is 0 Å². The fourth-order valence-corrected chi connectivity index (χ4v) is 5.73. The van der Waals surface area contributed by atoms with Crippen LogP contribution in [0.15, 0.2) is 35.7 Å². The lowest BCUT2D eigenvalue weighted by molar-refractivity contribution is 0.610. The summed E-state index contributed by atoms with van der Waals surface area (Å²) in [7, 11) is 0. The number of rotatable bonds is 2. The van der Waals surface area contributed by atoms with Crippen molar-refractivity contribution in [3.63, 3.8) is 0 Å². The Hall–Kier alpha value is -2.22. The van der Waals surface area contributed by atoms with Crippen LogP contribution in [0.1, 0.15) is 71.9 Å². The molecule has 2 aliphatic rings. The second-order valence-electron chi connectivity index (χ2n) is 9.30. The third kappa shape index (κ3) is 3.70. The maximum atomic E-state index is 2.64. The fraction of sp³-hybridized carbons (Fsp3) is 0.481. The first kappa shape index (κ1) is 20.1. The van der Waals surface area contributed by atoms with Crippen molar-refractivity contribution in [3.8, 4) is 0 Å². The van der Waals surface area contributed by atoms with Crippen LogP contribution in [0, 0.1) is 41.5 Å². The highest BCUT2D eigenvalue weighted by molar-refractivity contribution is 5.73. The molecule has 0 fully saturated rings. The molecule has 0 atom stereocenters. The van der Waals surface area contributed by atoms with E-state index in [1.54, 1.807) is 11.4 Å². The number of benzene rings is 2. The number of allylic oxidation sites excluding steroid dienone is 2. The van der Waals surface area contributed by atoms with E-state index in [-0.39, 0.29) is 0 Å². The van der Waals surface area contributed by atoms with Crippen LogP contribution in [-0.2, 0) is 0 Å². The molecule has 1 heterocycles. The van der Waals surface area contributed by atoms with Gasteiger partial charge in [0.25, 0.3) is 0 Å². The van der Waals surface area contributed by atoms with Crippen molar-refractivity contribution >= 4 is 11.4 Å². The first-order valence-electron chi connectivity index (χ1n) is 11.3. The van der Waals surface area contributed by atoms with Gasteiger partial charge in [0.1, 0.15) is 0 Å². The van der Waals surface area contributed by atoms with Gasteiger partial charge >= 0.3 is 0 Å². The number of aryl methyl sites for hydroxylation is 6. The minimum absolute atomic E-state index is 0.945. The molecule has 29 heavy (non-hydrogen) atoms.